The van der Waals surface area contributed by atoms with Gasteiger partial charge >= 0.3 is 0 Å². The Balaban J connectivity index is 2.52. The van der Waals surface area contributed by atoms with Gasteiger partial charge in [-0.2, -0.15) is 0 Å². The quantitative estimate of drug-likeness (QED) is 0.697. The highest BCUT2D eigenvalue weighted by molar-refractivity contribution is 7.92. The number of hydrogen-bond acceptors (Lipinski definition) is 3. The Kier molecular flexibility index (Phi) is 7.11. The SMILES string of the molecule is CC[C@@H](C(=O)Nc1c(C)cccc1C(C)C)N(c1cc(C)ccc1C)S(C)(=O)=O. The van der Waals surface area contributed by atoms with Gasteiger partial charge in [-0.15, -0.1) is 0 Å². The molecule has 6 heteroatoms. The van der Waals surface area contributed by atoms with E-state index in [2.05, 4.69) is 19.2 Å². The molecule has 0 heterocycles. The third-order valence-corrected chi connectivity index (χ3v) is 6.27. The van der Waals surface area contributed by atoms with Crippen LogP contribution in [-0.2, 0) is 14.8 Å². The van der Waals surface area contributed by atoms with Crippen LogP contribution in [0.25, 0.3) is 0 Å². The number of carbonyl (C=O) groups excluding carboxylic acids is 1. The highest BCUT2D eigenvalue weighted by atomic mass is 32.2. The van der Waals surface area contributed by atoms with Crippen LogP contribution >= 0.6 is 0 Å². The van der Waals surface area contributed by atoms with Crippen molar-refractivity contribution in [2.45, 2.75) is 59.9 Å². The molecule has 1 N–H and O–H groups in total. The Labute approximate surface area is 175 Å². The molecule has 29 heavy (non-hydrogen) atoms. The second-order valence-electron chi connectivity index (χ2n) is 7.96. The van der Waals surface area contributed by atoms with Crippen molar-refractivity contribution >= 4 is 27.3 Å². The standard InChI is InChI=1S/C23H32N2O3S/c1-8-20(23(26)24-22-18(6)10-9-11-19(22)15(2)3)25(29(7,27)28)21-14-16(4)12-13-17(21)5/h9-15,20H,8H2,1-7H3,(H,24,26)/t20-/m0/s1. The molecule has 0 spiro atoms. The number of para-hydroxylation sites is 1. The van der Waals surface area contributed by atoms with Crippen molar-refractivity contribution in [1.82, 2.24) is 0 Å². The Hall–Kier alpha value is -2.34. The van der Waals surface area contributed by atoms with Crippen LogP contribution in [0.2, 0.25) is 0 Å². The zero-order valence-corrected chi connectivity index (χ0v) is 19.2. The Morgan fingerprint density at radius 2 is 1.72 bits per heavy atom. The fraction of sp³-hybridized carbons (Fsp3) is 0.435. The van der Waals surface area contributed by atoms with Crippen LogP contribution in [0.15, 0.2) is 36.4 Å². The molecule has 1 amide bonds. The molecule has 0 aliphatic heterocycles. The van der Waals surface area contributed by atoms with E-state index < -0.39 is 16.1 Å². The minimum absolute atomic E-state index is 0.232. The third-order valence-electron chi connectivity index (χ3n) is 5.11. The maximum atomic E-state index is 13.3. The lowest BCUT2D eigenvalue weighted by Crippen LogP contribution is -2.47. The molecule has 0 bridgehead atoms. The molecule has 0 saturated heterocycles. The van der Waals surface area contributed by atoms with E-state index >= 15 is 0 Å². The monoisotopic (exact) mass is 416 g/mol. The molecule has 0 unspecified atom stereocenters. The minimum atomic E-state index is -3.67. The van der Waals surface area contributed by atoms with Crippen LogP contribution in [0.5, 0.6) is 0 Å². The number of rotatable bonds is 7. The van der Waals surface area contributed by atoms with Gasteiger partial charge in [-0.3, -0.25) is 9.10 Å². The zero-order valence-electron chi connectivity index (χ0n) is 18.4. The van der Waals surface area contributed by atoms with E-state index in [0.717, 1.165) is 34.2 Å². The van der Waals surface area contributed by atoms with Gasteiger partial charge in [0.05, 0.1) is 11.9 Å². The van der Waals surface area contributed by atoms with Gasteiger partial charge in [-0.25, -0.2) is 8.42 Å². The summed E-state index contributed by atoms with van der Waals surface area (Å²) >= 11 is 0. The third kappa shape index (κ3) is 5.18. The van der Waals surface area contributed by atoms with E-state index in [4.69, 9.17) is 0 Å². The maximum absolute atomic E-state index is 13.3. The minimum Gasteiger partial charge on any atom is -0.324 e. The molecule has 0 fully saturated rings. The first kappa shape index (κ1) is 22.9. The van der Waals surface area contributed by atoms with Crippen LogP contribution in [0.1, 0.15) is 55.4 Å². The number of amides is 1. The summed E-state index contributed by atoms with van der Waals surface area (Å²) < 4.78 is 26.7. The number of benzene rings is 2. The summed E-state index contributed by atoms with van der Waals surface area (Å²) in [6.07, 6.45) is 1.51. The molecule has 2 aromatic rings. The molecule has 0 saturated carbocycles. The number of sulfonamides is 1. The number of anilines is 2. The smallest absolute Gasteiger partial charge is 0.248 e. The predicted molar refractivity (Wildman–Crippen MR) is 121 cm³/mol. The summed E-state index contributed by atoms with van der Waals surface area (Å²) in [4.78, 5) is 13.3. The Bertz CT molecular complexity index is 997. The van der Waals surface area contributed by atoms with Crippen LogP contribution in [0, 0.1) is 20.8 Å². The first-order valence-corrected chi connectivity index (χ1v) is 11.8. The lowest BCUT2D eigenvalue weighted by molar-refractivity contribution is -0.117. The lowest BCUT2D eigenvalue weighted by Gasteiger charge is -2.32. The fourth-order valence-electron chi connectivity index (χ4n) is 3.54. The van der Waals surface area contributed by atoms with Crippen molar-refractivity contribution in [3.8, 4) is 0 Å². The molecule has 1 atom stereocenters. The van der Waals surface area contributed by atoms with Gasteiger partial charge in [0.25, 0.3) is 0 Å². The van der Waals surface area contributed by atoms with Gasteiger partial charge in [0.1, 0.15) is 6.04 Å². The molecular weight excluding hydrogens is 384 g/mol. The van der Waals surface area contributed by atoms with Crippen molar-refractivity contribution in [1.29, 1.82) is 0 Å². The number of aryl methyl sites for hydroxylation is 3. The topological polar surface area (TPSA) is 66.5 Å². The van der Waals surface area contributed by atoms with Crippen molar-refractivity contribution in [3.63, 3.8) is 0 Å². The molecule has 0 aliphatic carbocycles. The molecule has 0 radical (unpaired) electrons. The average molecular weight is 417 g/mol. The summed E-state index contributed by atoms with van der Waals surface area (Å²) in [5.41, 5.74) is 5.05. The summed E-state index contributed by atoms with van der Waals surface area (Å²) in [7, 11) is -3.67. The molecule has 2 rings (SSSR count). The van der Waals surface area contributed by atoms with Gasteiger partial charge in [0, 0.05) is 5.69 Å². The van der Waals surface area contributed by atoms with Gasteiger partial charge in [0.2, 0.25) is 15.9 Å². The average Bonchev–Trinajstić information content (AvgIpc) is 2.62. The molecule has 5 nitrogen and oxygen atoms in total. The number of hydrogen-bond donors (Lipinski definition) is 1. The molecule has 2 aromatic carbocycles. The predicted octanol–water partition coefficient (Wildman–Crippen LogP) is 4.92. The van der Waals surface area contributed by atoms with Crippen LogP contribution in [0.4, 0.5) is 11.4 Å². The summed E-state index contributed by atoms with van der Waals surface area (Å²) in [5, 5.41) is 3.02. The fourth-order valence-corrected chi connectivity index (χ4v) is 4.80. The van der Waals surface area contributed by atoms with Crippen LogP contribution in [-0.4, -0.2) is 26.6 Å². The van der Waals surface area contributed by atoms with E-state index in [0.29, 0.717) is 12.1 Å². The number of nitrogens with zero attached hydrogens (tertiary/aromatic N) is 1. The van der Waals surface area contributed by atoms with E-state index in [1.54, 1.807) is 0 Å². The molecular formula is C23H32N2O3S. The summed E-state index contributed by atoms with van der Waals surface area (Å²) in [5.74, 6) is -0.0923. The van der Waals surface area contributed by atoms with Crippen molar-refractivity contribution in [2.75, 3.05) is 15.9 Å². The maximum Gasteiger partial charge on any atom is 0.248 e. The van der Waals surface area contributed by atoms with Crippen LogP contribution in [0.3, 0.4) is 0 Å². The first-order valence-electron chi connectivity index (χ1n) is 9.94. The number of carbonyl (C=O) groups is 1. The van der Waals surface area contributed by atoms with E-state index in [1.165, 1.54) is 4.31 Å². The molecule has 158 valence electrons. The zero-order chi connectivity index (χ0) is 21.9. The largest absolute Gasteiger partial charge is 0.324 e. The second kappa shape index (κ2) is 8.99. The van der Waals surface area contributed by atoms with Gasteiger partial charge in [-0.05, 0) is 61.4 Å². The van der Waals surface area contributed by atoms with E-state index in [-0.39, 0.29) is 11.8 Å². The highest BCUT2D eigenvalue weighted by Crippen LogP contribution is 2.30. The van der Waals surface area contributed by atoms with Crippen molar-refractivity contribution < 1.29 is 13.2 Å². The van der Waals surface area contributed by atoms with Crippen molar-refractivity contribution in [3.05, 3.63) is 58.7 Å². The van der Waals surface area contributed by atoms with Crippen molar-refractivity contribution in [2.24, 2.45) is 0 Å². The van der Waals surface area contributed by atoms with Gasteiger partial charge in [0.15, 0.2) is 0 Å². The first-order chi connectivity index (χ1) is 13.5. The van der Waals surface area contributed by atoms with Gasteiger partial charge in [-0.1, -0.05) is 51.1 Å². The summed E-state index contributed by atoms with van der Waals surface area (Å²) in [6, 6.07) is 10.7. The van der Waals surface area contributed by atoms with E-state index in [1.807, 2.05) is 64.1 Å². The molecule has 0 aromatic heterocycles. The Morgan fingerprint density at radius 1 is 1.07 bits per heavy atom. The highest BCUT2D eigenvalue weighted by Gasteiger charge is 2.33. The Morgan fingerprint density at radius 3 is 2.28 bits per heavy atom. The normalized spacial score (nSPS) is 12.7. The van der Waals surface area contributed by atoms with Gasteiger partial charge < -0.3 is 5.32 Å². The van der Waals surface area contributed by atoms with Crippen LogP contribution < -0.4 is 9.62 Å². The second-order valence-corrected chi connectivity index (χ2v) is 9.82. The number of nitrogens with one attached hydrogen (secondary N) is 1. The lowest BCUT2D eigenvalue weighted by atomic mass is 9.98. The summed E-state index contributed by atoms with van der Waals surface area (Å²) in [6.45, 7) is 11.7. The molecule has 0 aliphatic rings. The van der Waals surface area contributed by atoms with E-state index in [9.17, 15) is 13.2 Å².